The standard InChI is InChI=1S/C18H30N4O2/c1-15-5-4-6-16(13-15)17(22-8-11-24-12-9-22)14-21-18(19-2)20-7-10-23-3/h4-6,13,17H,7-12,14H2,1-3H3,(H2,19,20,21). The van der Waals surface area contributed by atoms with Crippen LogP contribution in [0.4, 0.5) is 0 Å². The van der Waals surface area contributed by atoms with Gasteiger partial charge in [-0.25, -0.2) is 0 Å². The molecule has 24 heavy (non-hydrogen) atoms. The molecule has 0 saturated carbocycles. The molecular formula is C18H30N4O2. The van der Waals surface area contributed by atoms with Crippen molar-refractivity contribution < 1.29 is 9.47 Å². The maximum absolute atomic E-state index is 5.51. The molecule has 1 heterocycles. The molecule has 1 fully saturated rings. The smallest absolute Gasteiger partial charge is 0.191 e. The second-order valence-corrected chi connectivity index (χ2v) is 5.95. The largest absolute Gasteiger partial charge is 0.383 e. The second-order valence-electron chi connectivity index (χ2n) is 5.95. The predicted molar refractivity (Wildman–Crippen MR) is 97.6 cm³/mol. The summed E-state index contributed by atoms with van der Waals surface area (Å²) in [5.74, 6) is 0.804. The normalized spacial score (nSPS) is 17.5. The molecule has 0 aliphatic carbocycles. The number of ether oxygens (including phenoxy) is 2. The summed E-state index contributed by atoms with van der Waals surface area (Å²) >= 11 is 0. The third-order valence-corrected chi connectivity index (χ3v) is 4.20. The number of aliphatic imine (C=N–C) groups is 1. The van der Waals surface area contributed by atoms with Crippen LogP contribution in [0.15, 0.2) is 29.3 Å². The van der Waals surface area contributed by atoms with E-state index in [-0.39, 0.29) is 0 Å². The van der Waals surface area contributed by atoms with Crippen LogP contribution in [0.5, 0.6) is 0 Å². The first-order valence-corrected chi connectivity index (χ1v) is 8.56. The molecule has 1 atom stereocenters. The Morgan fingerprint density at radius 3 is 2.79 bits per heavy atom. The lowest BCUT2D eigenvalue weighted by Crippen LogP contribution is -2.46. The lowest BCUT2D eigenvalue weighted by atomic mass is 10.0. The van der Waals surface area contributed by atoms with Crippen molar-refractivity contribution in [3.8, 4) is 0 Å². The molecule has 1 saturated heterocycles. The Hall–Kier alpha value is -1.63. The number of aryl methyl sites for hydroxylation is 1. The lowest BCUT2D eigenvalue weighted by molar-refractivity contribution is 0.0170. The molecule has 1 aliphatic heterocycles. The molecule has 134 valence electrons. The van der Waals surface area contributed by atoms with E-state index in [1.165, 1.54) is 11.1 Å². The maximum Gasteiger partial charge on any atom is 0.191 e. The first kappa shape index (κ1) is 18.7. The van der Waals surface area contributed by atoms with Crippen molar-refractivity contribution in [2.75, 3.05) is 60.2 Å². The fraction of sp³-hybridized carbons (Fsp3) is 0.611. The molecule has 0 amide bonds. The minimum absolute atomic E-state index is 0.301. The Morgan fingerprint density at radius 1 is 1.33 bits per heavy atom. The third-order valence-electron chi connectivity index (χ3n) is 4.20. The van der Waals surface area contributed by atoms with E-state index in [4.69, 9.17) is 9.47 Å². The van der Waals surface area contributed by atoms with Crippen LogP contribution in [0.3, 0.4) is 0 Å². The minimum Gasteiger partial charge on any atom is -0.383 e. The van der Waals surface area contributed by atoms with E-state index in [1.54, 1.807) is 14.2 Å². The van der Waals surface area contributed by atoms with Gasteiger partial charge in [0.25, 0.3) is 0 Å². The van der Waals surface area contributed by atoms with E-state index in [1.807, 2.05) is 0 Å². The van der Waals surface area contributed by atoms with Gasteiger partial charge in [0.05, 0.1) is 25.9 Å². The van der Waals surface area contributed by atoms with Crippen molar-refractivity contribution in [3.63, 3.8) is 0 Å². The van der Waals surface area contributed by atoms with Gasteiger partial charge < -0.3 is 20.1 Å². The zero-order valence-electron chi connectivity index (χ0n) is 15.0. The molecular weight excluding hydrogens is 304 g/mol. The topological polar surface area (TPSA) is 58.1 Å². The fourth-order valence-electron chi connectivity index (χ4n) is 2.91. The number of nitrogens with zero attached hydrogens (tertiary/aromatic N) is 2. The third kappa shape index (κ3) is 5.78. The molecule has 0 spiro atoms. The summed E-state index contributed by atoms with van der Waals surface area (Å²) in [6.07, 6.45) is 0. The van der Waals surface area contributed by atoms with Crippen molar-refractivity contribution in [3.05, 3.63) is 35.4 Å². The molecule has 2 N–H and O–H groups in total. The summed E-state index contributed by atoms with van der Waals surface area (Å²) in [4.78, 5) is 6.76. The number of rotatable bonds is 7. The Bertz CT molecular complexity index is 515. The van der Waals surface area contributed by atoms with Crippen LogP contribution in [0.2, 0.25) is 0 Å². The maximum atomic E-state index is 5.51. The molecule has 6 nitrogen and oxygen atoms in total. The van der Waals surface area contributed by atoms with Crippen LogP contribution < -0.4 is 10.6 Å². The van der Waals surface area contributed by atoms with Crippen molar-refractivity contribution in [2.24, 2.45) is 4.99 Å². The van der Waals surface area contributed by atoms with Gasteiger partial charge in [-0.1, -0.05) is 29.8 Å². The van der Waals surface area contributed by atoms with Crippen LogP contribution in [0.25, 0.3) is 0 Å². The minimum atomic E-state index is 0.301. The molecule has 1 aliphatic rings. The summed E-state index contributed by atoms with van der Waals surface area (Å²) in [5, 5.41) is 6.71. The highest BCUT2D eigenvalue weighted by molar-refractivity contribution is 5.79. The van der Waals surface area contributed by atoms with E-state index in [0.717, 1.165) is 45.4 Å². The number of benzene rings is 1. The number of methoxy groups -OCH3 is 1. The number of nitrogens with one attached hydrogen (secondary N) is 2. The van der Waals surface area contributed by atoms with Gasteiger partial charge in [0.2, 0.25) is 0 Å². The summed E-state index contributed by atoms with van der Waals surface area (Å²) < 4.78 is 10.6. The summed E-state index contributed by atoms with van der Waals surface area (Å²) in [6.45, 7) is 7.83. The van der Waals surface area contributed by atoms with Crippen molar-refractivity contribution in [1.29, 1.82) is 0 Å². The molecule has 1 aromatic rings. The van der Waals surface area contributed by atoms with Gasteiger partial charge in [0.15, 0.2) is 5.96 Å². The van der Waals surface area contributed by atoms with E-state index in [9.17, 15) is 0 Å². The lowest BCUT2D eigenvalue weighted by Gasteiger charge is -2.35. The van der Waals surface area contributed by atoms with Crippen LogP contribution in [-0.2, 0) is 9.47 Å². The van der Waals surface area contributed by atoms with Gasteiger partial charge in [-0.15, -0.1) is 0 Å². The fourth-order valence-corrected chi connectivity index (χ4v) is 2.91. The Kier molecular flexibility index (Phi) is 8.01. The molecule has 2 rings (SSSR count). The Labute approximate surface area is 145 Å². The highest BCUT2D eigenvalue weighted by Gasteiger charge is 2.22. The van der Waals surface area contributed by atoms with Gasteiger partial charge in [0, 0.05) is 40.3 Å². The molecule has 0 aromatic heterocycles. The molecule has 6 heteroatoms. The Morgan fingerprint density at radius 2 is 2.12 bits per heavy atom. The van der Waals surface area contributed by atoms with Crippen LogP contribution in [0, 0.1) is 6.92 Å². The molecule has 1 aromatic carbocycles. The zero-order chi connectivity index (χ0) is 17.2. The number of hydrogen-bond donors (Lipinski definition) is 2. The van der Waals surface area contributed by atoms with E-state index in [2.05, 4.69) is 51.7 Å². The quantitative estimate of drug-likeness (QED) is 0.445. The molecule has 0 radical (unpaired) electrons. The molecule has 0 bridgehead atoms. The number of morpholine rings is 1. The zero-order valence-corrected chi connectivity index (χ0v) is 15.0. The monoisotopic (exact) mass is 334 g/mol. The summed E-state index contributed by atoms with van der Waals surface area (Å²) in [5.41, 5.74) is 2.62. The highest BCUT2D eigenvalue weighted by Crippen LogP contribution is 2.22. The highest BCUT2D eigenvalue weighted by atomic mass is 16.5. The number of guanidine groups is 1. The second kappa shape index (κ2) is 10.3. The van der Waals surface area contributed by atoms with E-state index in [0.29, 0.717) is 12.6 Å². The Balaban J connectivity index is 2.02. The van der Waals surface area contributed by atoms with Crippen molar-refractivity contribution in [2.45, 2.75) is 13.0 Å². The first-order chi connectivity index (χ1) is 11.7. The predicted octanol–water partition coefficient (Wildman–Crippen LogP) is 1.18. The van der Waals surface area contributed by atoms with Crippen molar-refractivity contribution >= 4 is 5.96 Å². The summed E-state index contributed by atoms with van der Waals surface area (Å²) in [6, 6.07) is 9.04. The average molecular weight is 334 g/mol. The molecule has 1 unspecified atom stereocenters. The van der Waals surface area contributed by atoms with E-state index >= 15 is 0 Å². The first-order valence-electron chi connectivity index (χ1n) is 8.56. The van der Waals surface area contributed by atoms with Crippen LogP contribution in [0.1, 0.15) is 17.2 Å². The van der Waals surface area contributed by atoms with Gasteiger partial charge in [-0.2, -0.15) is 0 Å². The van der Waals surface area contributed by atoms with Gasteiger partial charge >= 0.3 is 0 Å². The number of hydrogen-bond acceptors (Lipinski definition) is 4. The average Bonchev–Trinajstić information content (AvgIpc) is 2.61. The summed E-state index contributed by atoms with van der Waals surface area (Å²) in [7, 11) is 3.49. The van der Waals surface area contributed by atoms with Crippen molar-refractivity contribution in [1.82, 2.24) is 15.5 Å². The van der Waals surface area contributed by atoms with Gasteiger partial charge in [-0.3, -0.25) is 9.89 Å². The van der Waals surface area contributed by atoms with Crippen LogP contribution in [-0.4, -0.2) is 71.0 Å². The van der Waals surface area contributed by atoms with E-state index < -0.39 is 0 Å². The van der Waals surface area contributed by atoms with Crippen LogP contribution >= 0.6 is 0 Å². The van der Waals surface area contributed by atoms with Gasteiger partial charge in [-0.05, 0) is 12.5 Å². The SMILES string of the molecule is CN=C(NCCOC)NCC(c1cccc(C)c1)N1CCOCC1. The van der Waals surface area contributed by atoms with Gasteiger partial charge in [0.1, 0.15) is 0 Å².